The van der Waals surface area contributed by atoms with Gasteiger partial charge in [-0.25, -0.2) is 4.57 Å². The van der Waals surface area contributed by atoms with Crippen LogP contribution in [0.5, 0.6) is 0 Å². The van der Waals surface area contributed by atoms with Gasteiger partial charge in [-0.3, -0.25) is 9.32 Å². The largest absolute Gasteiger partial charge is 0.498 e. The highest BCUT2D eigenvalue weighted by Gasteiger charge is 2.21. The number of carbonyl (C=O) groups excluding carboxylic acids is 1. The molecular weight excluding hydrogens is 611 g/mol. The van der Waals surface area contributed by atoms with Crippen LogP contribution in [-0.4, -0.2) is 35.1 Å². The summed E-state index contributed by atoms with van der Waals surface area (Å²) in [6, 6.07) is 0. The Hall–Kier alpha value is -1.14. The molecule has 0 amide bonds. The van der Waals surface area contributed by atoms with Gasteiger partial charge >= 0.3 is 13.8 Å². The zero-order chi connectivity index (χ0) is 34.5. The van der Waals surface area contributed by atoms with Gasteiger partial charge in [0.1, 0.15) is 6.61 Å². The fourth-order valence-corrected chi connectivity index (χ4v) is 6.00. The van der Waals surface area contributed by atoms with Gasteiger partial charge in [0.25, 0.3) is 0 Å². The van der Waals surface area contributed by atoms with Crippen LogP contribution in [0.4, 0.5) is 0 Å². The summed E-state index contributed by atoms with van der Waals surface area (Å²) in [5, 5.41) is 0. The molecule has 0 radical (unpaired) electrons. The summed E-state index contributed by atoms with van der Waals surface area (Å²) in [6.07, 6.45) is 42.6. The number of phosphoric ester groups is 1. The van der Waals surface area contributed by atoms with Crippen LogP contribution >= 0.6 is 7.82 Å². The minimum Gasteiger partial charge on any atom is -0.498 e. The van der Waals surface area contributed by atoms with Crippen molar-refractivity contribution in [2.45, 2.75) is 206 Å². The Balaban J connectivity index is 3.86. The summed E-state index contributed by atoms with van der Waals surface area (Å²) in [4.78, 5) is 30.5. The maximum absolute atomic E-state index is 12.4. The zero-order valence-corrected chi connectivity index (χ0v) is 31.6. The molecule has 8 heteroatoms. The molecule has 0 rings (SSSR count). The average molecular weight is 687 g/mol. The van der Waals surface area contributed by atoms with Crippen molar-refractivity contribution in [3.05, 3.63) is 24.5 Å². The van der Waals surface area contributed by atoms with Gasteiger partial charge in [0, 0.05) is 6.42 Å². The molecule has 0 fully saturated rings. The number of hydrogen-bond acceptors (Lipinski definition) is 5. The van der Waals surface area contributed by atoms with Crippen LogP contribution in [0.25, 0.3) is 0 Å². The lowest BCUT2D eigenvalue weighted by Gasteiger charge is -2.18. The second kappa shape index (κ2) is 36.1. The van der Waals surface area contributed by atoms with Crippen molar-refractivity contribution in [2.75, 3.05) is 13.2 Å². The van der Waals surface area contributed by atoms with Crippen molar-refractivity contribution in [3.8, 4) is 0 Å². The molecule has 0 saturated carbocycles. The molecule has 47 heavy (non-hydrogen) atoms. The SMILES string of the molecule is CCCCCCCC/C=C\CCCCCCCCCC(=O)O[C@H](CO/C=C\CCCCCCCCCCCCCC)COP(=O)(O)O. The van der Waals surface area contributed by atoms with E-state index in [4.69, 9.17) is 19.3 Å². The van der Waals surface area contributed by atoms with Gasteiger partial charge in [0.05, 0.1) is 12.9 Å². The van der Waals surface area contributed by atoms with Crippen molar-refractivity contribution in [1.82, 2.24) is 0 Å². The molecule has 0 saturated heterocycles. The Morgan fingerprint density at radius 2 is 0.936 bits per heavy atom. The quantitative estimate of drug-likeness (QED) is 0.0220. The molecule has 0 aliphatic rings. The first-order valence-electron chi connectivity index (χ1n) is 19.7. The van der Waals surface area contributed by atoms with Crippen LogP contribution in [0.2, 0.25) is 0 Å². The zero-order valence-electron chi connectivity index (χ0n) is 30.7. The van der Waals surface area contributed by atoms with Crippen molar-refractivity contribution in [3.63, 3.8) is 0 Å². The first-order chi connectivity index (χ1) is 22.9. The van der Waals surface area contributed by atoms with Gasteiger partial charge in [0.15, 0.2) is 6.10 Å². The number of ether oxygens (including phenoxy) is 2. The van der Waals surface area contributed by atoms with Crippen LogP contribution in [0.3, 0.4) is 0 Å². The van der Waals surface area contributed by atoms with Gasteiger partial charge in [-0.15, -0.1) is 0 Å². The smallest absolute Gasteiger partial charge is 0.469 e. The van der Waals surface area contributed by atoms with E-state index in [0.717, 1.165) is 32.1 Å². The monoisotopic (exact) mass is 687 g/mol. The van der Waals surface area contributed by atoms with E-state index in [1.54, 1.807) is 6.26 Å². The molecule has 1 atom stereocenters. The molecule has 0 aromatic heterocycles. The molecule has 0 heterocycles. The first kappa shape index (κ1) is 45.9. The molecule has 0 aromatic carbocycles. The number of phosphoric acid groups is 1. The highest BCUT2D eigenvalue weighted by Crippen LogP contribution is 2.36. The summed E-state index contributed by atoms with van der Waals surface area (Å²) >= 11 is 0. The number of allylic oxidation sites excluding steroid dienone is 3. The number of rotatable bonds is 37. The third kappa shape index (κ3) is 39.2. The number of carbonyl (C=O) groups is 1. The van der Waals surface area contributed by atoms with E-state index in [0.29, 0.717) is 0 Å². The second-order valence-electron chi connectivity index (χ2n) is 13.3. The van der Waals surface area contributed by atoms with E-state index in [2.05, 4.69) is 30.5 Å². The van der Waals surface area contributed by atoms with E-state index in [1.165, 1.54) is 148 Å². The fourth-order valence-electron chi connectivity index (χ4n) is 5.64. The maximum atomic E-state index is 12.4. The van der Waals surface area contributed by atoms with Gasteiger partial charge in [0.2, 0.25) is 0 Å². The molecule has 0 bridgehead atoms. The van der Waals surface area contributed by atoms with E-state index >= 15 is 0 Å². The summed E-state index contributed by atoms with van der Waals surface area (Å²) < 4.78 is 26.7. The van der Waals surface area contributed by atoms with E-state index in [1.807, 2.05) is 6.08 Å². The van der Waals surface area contributed by atoms with Crippen molar-refractivity contribution in [1.29, 1.82) is 0 Å². The maximum Gasteiger partial charge on any atom is 0.469 e. The third-order valence-electron chi connectivity index (χ3n) is 8.57. The summed E-state index contributed by atoms with van der Waals surface area (Å²) in [7, 11) is -4.66. The fraction of sp³-hybridized carbons (Fsp3) is 0.872. The van der Waals surface area contributed by atoms with Crippen LogP contribution in [-0.2, 0) is 23.4 Å². The number of hydrogen-bond donors (Lipinski definition) is 2. The standard InChI is InChI=1S/C39H75O7P/c1-3-5-7-9-11-13-15-17-19-20-21-22-24-26-28-30-32-34-39(40)46-38(37-45-47(41,42)43)36-44-35-33-31-29-27-25-23-18-16-14-12-10-8-6-4-2/h17,19,33,35,38H,3-16,18,20-32,34,36-37H2,1-2H3,(H2,41,42,43)/b19-17-,35-33-/t38-/m1/s1. The molecule has 0 aromatic rings. The minimum atomic E-state index is -4.66. The molecule has 0 unspecified atom stereocenters. The highest BCUT2D eigenvalue weighted by atomic mass is 31.2. The summed E-state index contributed by atoms with van der Waals surface area (Å²) in [5.41, 5.74) is 0. The first-order valence-corrected chi connectivity index (χ1v) is 21.2. The molecule has 2 N–H and O–H groups in total. The van der Waals surface area contributed by atoms with Crippen LogP contribution < -0.4 is 0 Å². The van der Waals surface area contributed by atoms with Crippen molar-refractivity contribution < 1.29 is 33.1 Å². The Morgan fingerprint density at radius 1 is 0.553 bits per heavy atom. The van der Waals surface area contributed by atoms with Gasteiger partial charge in [-0.1, -0.05) is 161 Å². The van der Waals surface area contributed by atoms with Crippen molar-refractivity contribution >= 4 is 13.8 Å². The molecule has 278 valence electrons. The topological polar surface area (TPSA) is 102 Å². The highest BCUT2D eigenvalue weighted by molar-refractivity contribution is 7.46. The lowest BCUT2D eigenvalue weighted by molar-refractivity contribution is -0.153. The van der Waals surface area contributed by atoms with E-state index in [-0.39, 0.29) is 19.0 Å². The number of unbranched alkanes of at least 4 members (excludes halogenated alkanes) is 25. The second-order valence-corrected chi connectivity index (χ2v) is 14.6. The average Bonchev–Trinajstić information content (AvgIpc) is 3.04. The van der Waals surface area contributed by atoms with E-state index < -0.39 is 20.5 Å². The van der Waals surface area contributed by atoms with Crippen LogP contribution in [0.15, 0.2) is 24.5 Å². The predicted molar refractivity (Wildman–Crippen MR) is 197 cm³/mol. The summed E-state index contributed by atoms with van der Waals surface area (Å²) in [5.74, 6) is -0.388. The lowest BCUT2D eigenvalue weighted by Crippen LogP contribution is -2.27. The lowest BCUT2D eigenvalue weighted by atomic mass is 10.0. The Labute approximate surface area is 290 Å². The molecule has 7 nitrogen and oxygen atoms in total. The Bertz CT molecular complexity index is 764. The van der Waals surface area contributed by atoms with Gasteiger partial charge in [-0.2, -0.15) is 0 Å². The van der Waals surface area contributed by atoms with E-state index in [9.17, 15) is 9.36 Å². The van der Waals surface area contributed by atoms with Crippen molar-refractivity contribution in [2.24, 2.45) is 0 Å². The van der Waals surface area contributed by atoms with Crippen LogP contribution in [0, 0.1) is 0 Å². The van der Waals surface area contributed by atoms with Gasteiger partial charge in [-0.05, 0) is 51.0 Å². The predicted octanol–water partition coefficient (Wildman–Crippen LogP) is 12.4. The molecular formula is C39H75O7P. The molecule has 0 aliphatic carbocycles. The number of esters is 1. The normalized spacial score (nSPS) is 12.8. The third-order valence-corrected chi connectivity index (χ3v) is 9.05. The summed E-state index contributed by atoms with van der Waals surface area (Å²) in [6.45, 7) is 4.11. The Kier molecular flexibility index (Phi) is 35.3. The van der Waals surface area contributed by atoms with Gasteiger partial charge < -0.3 is 19.3 Å². The molecule has 0 aliphatic heterocycles. The Morgan fingerprint density at radius 3 is 1.36 bits per heavy atom. The van der Waals surface area contributed by atoms with Crippen LogP contribution in [0.1, 0.15) is 200 Å². The minimum absolute atomic E-state index is 0.00504. The molecule has 0 spiro atoms.